The average molecular weight is 288 g/mol. The summed E-state index contributed by atoms with van der Waals surface area (Å²) >= 11 is 0. The van der Waals surface area contributed by atoms with Crippen LogP contribution in [0.25, 0.3) is 0 Å². The van der Waals surface area contributed by atoms with E-state index in [9.17, 15) is 4.79 Å². The van der Waals surface area contributed by atoms with E-state index in [4.69, 9.17) is 4.74 Å². The lowest BCUT2D eigenvalue weighted by molar-refractivity contribution is 0.0602. The molecular weight excluding hydrogens is 268 g/mol. The van der Waals surface area contributed by atoms with Gasteiger partial charge in [0, 0.05) is 5.69 Å². The van der Waals surface area contributed by atoms with Gasteiger partial charge in [-0.05, 0) is 32.9 Å². The van der Waals surface area contributed by atoms with Gasteiger partial charge in [0.15, 0.2) is 0 Å². The molecule has 0 bridgehead atoms. The minimum Gasteiger partial charge on any atom is -0.465 e. The maximum absolute atomic E-state index is 11.7. The molecular formula is C15H20N4O2. The summed E-state index contributed by atoms with van der Waals surface area (Å²) in [4.78, 5) is 11.7. The van der Waals surface area contributed by atoms with E-state index in [1.807, 2.05) is 23.0 Å². The highest BCUT2D eigenvalue weighted by Gasteiger charge is 2.15. The normalized spacial score (nSPS) is 11.2. The van der Waals surface area contributed by atoms with E-state index >= 15 is 0 Å². The number of methoxy groups -OCH3 is 1. The molecule has 6 nitrogen and oxygen atoms in total. The number of nitrogens with zero attached hydrogens (tertiary/aromatic N) is 3. The molecule has 1 aromatic heterocycles. The number of anilines is 1. The summed E-state index contributed by atoms with van der Waals surface area (Å²) in [5, 5.41) is 11.4. The van der Waals surface area contributed by atoms with Crippen LogP contribution in [-0.4, -0.2) is 28.1 Å². The van der Waals surface area contributed by atoms with Crippen molar-refractivity contribution in [3.8, 4) is 0 Å². The predicted octanol–water partition coefficient (Wildman–Crippen LogP) is 2.43. The third kappa shape index (κ3) is 3.59. The summed E-state index contributed by atoms with van der Waals surface area (Å²) < 4.78 is 6.58. The van der Waals surface area contributed by atoms with Gasteiger partial charge in [0.25, 0.3) is 0 Å². The fourth-order valence-electron chi connectivity index (χ4n) is 1.82. The van der Waals surface area contributed by atoms with Crippen LogP contribution in [0.4, 0.5) is 5.69 Å². The quantitative estimate of drug-likeness (QED) is 0.875. The van der Waals surface area contributed by atoms with Crippen molar-refractivity contribution in [2.45, 2.75) is 32.9 Å². The number of nitrogens with one attached hydrogen (secondary N) is 1. The molecule has 1 aromatic carbocycles. The van der Waals surface area contributed by atoms with Gasteiger partial charge in [-0.25, -0.2) is 9.48 Å². The largest absolute Gasteiger partial charge is 0.465 e. The van der Waals surface area contributed by atoms with Crippen LogP contribution >= 0.6 is 0 Å². The van der Waals surface area contributed by atoms with Gasteiger partial charge in [0.1, 0.15) is 5.69 Å². The number of carbonyl (C=O) groups is 1. The van der Waals surface area contributed by atoms with Gasteiger partial charge in [-0.1, -0.05) is 17.3 Å². The minimum absolute atomic E-state index is 0.102. The van der Waals surface area contributed by atoms with E-state index in [2.05, 4.69) is 36.4 Å². The van der Waals surface area contributed by atoms with Gasteiger partial charge in [0.2, 0.25) is 0 Å². The molecule has 1 heterocycles. The topological polar surface area (TPSA) is 69.0 Å². The molecule has 0 amide bonds. The average Bonchev–Trinajstić information content (AvgIpc) is 2.93. The number of rotatable bonds is 4. The van der Waals surface area contributed by atoms with Crippen molar-refractivity contribution in [3.05, 3.63) is 41.7 Å². The van der Waals surface area contributed by atoms with Crippen molar-refractivity contribution >= 4 is 11.7 Å². The van der Waals surface area contributed by atoms with Gasteiger partial charge in [-0.2, -0.15) is 0 Å². The summed E-state index contributed by atoms with van der Waals surface area (Å²) in [6, 6.07) is 7.22. The first-order chi connectivity index (χ1) is 9.91. The first-order valence-corrected chi connectivity index (χ1v) is 6.75. The first-order valence-electron chi connectivity index (χ1n) is 6.75. The second-order valence-corrected chi connectivity index (χ2v) is 5.72. The Bertz CT molecular complexity index is 629. The molecule has 21 heavy (non-hydrogen) atoms. The minimum atomic E-state index is -0.364. The first kappa shape index (κ1) is 15.0. The van der Waals surface area contributed by atoms with Crippen LogP contribution in [-0.2, 0) is 16.8 Å². The molecule has 0 fully saturated rings. The molecule has 0 spiro atoms. The van der Waals surface area contributed by atoms with Crippen molar-refractivity contribution in [2.75, 3.05) is 12.4 Å². The Morgan fingerprint density at radius 2 is 2.05 bits per heavy atom. The lowest BCUT2D eigenvalue weighted by atomic mass is 10.1. The lowest BCUT2D eigenvalue weighted by Crippen LogP contribution is -2.22. The monoisotopic (exact) mass is 288 g/mol. The van der Waals surface area contributed by atoms with Crippen LogP contribution in [0.2, 0.25) is 0 Å². The number of hydrogen-bond acceptors (Lipinski definition) is 5. The van der Waals surface area contributed by atoms with Crippen molar-refractivity contribution < 1.29 is 9.53 Å². The van der Waals surface area contributed by atoms with Gasteiger partial charge < -0.3 is 10.1 Å². The molecule has 2 aromatic rings. The molecule has 112 valence electrons. The molecule has 0 aliphatic carbocycles. The summed E-state index contributed by atoms with van der Waals surface area (Å²) in [5.74, 6) is -0.364. The number of para-hydroxylation sites is 1. The fourth-order valence-corrected chi connectivity index (χ4v) is 1.82. The zero-order chi connectivity index (χ0) is 15.5. The van der Waals surface area contributed by atoms with Crippen LogP contribution < -0.4 is 5.32 Å². The molecule has 0 aliphatic rings. The molecule has 0 atom stereocenters. The molecule has 2 rings (SSSR count). The van der Waals surface area contributed by atoms with E-state index in [-0.39, 0.29) is 11.5 Å². The lowest BCUT2D eigenvalue weighted by Gasteiger charge is -2.17. The number of carbonyl (C=O) groups excluding carboxylic acids is 1. The molecule has 0 radical (unpaired) electrons. The van der Waals surface area contributed by atoms with E-state index < -0.39 is 0 Å². The van der Waals surface area contributed by atoms with Gasteiger partial charge in [-0.3, -0.25) is 0 Å². The van der Waals surface area contributed by atoms with E-state index in [0.717, 1.165) is 11.4 Å². The SMILES string of the molecule is COC(=O)c1ccccc1NCc1cn(C(C)(C)C)nn1. The molecule has 0 aliphatic heterocycles. The van der Waals surface area contributed by atoms with E-state index in [0.29, 0.717) is 12.1 Å². The van der Waals surface area contributed by atoms with Crippen LogP contribution in [0.1, 0.15) is 36.8 Å². The Morgan fingerprint density at radius 3 is 2.67 bits per heavy atom. The van der Waals surface area contributed by atoms with E-state index in [1.54, 1.807) is 12.1 Å². The van der Waals surface area contributed by atoms with Crippen LogP contribution in [0.15, 0.2) is 30.5 Å². The molecule has 6 heteroatoms. The third-order valence-electron chi connectivity index (χ3n) is 3.02. The maximum Gasteiger partial charge on any atom is 0.339 e. The predicted molar refractivity (Wildman–Crippen MR) is 80.1 cm³/mol. The van der Waals surface area contributed by atoms with Crippen molar-refractivity contribution in [2.24, 2.45) is 0 Å². The summed E-state index contributed by atoms with van der Waals surface area (Å²) in [6.45, 7) is 6.67. The maximum atomic E-state index is 11.7. The fraction of sp³-hybridized carbons (Fsp3) is 0.400. The zero-order valence-electron chi connectivity index (χ0n) is 12.8. The van der Waals surface area contributed by atoms with E-state index in [1.165, 1.54) is 7.11 Å². The molecule has 0 unspecified atom stereocenters. The Hall–Kier alpha value is -2.37. The zero-order valence-corrected chi connectivity index (χ0v) is 12.8. The third-order valence-corrected chi connectivity index (χ3v) is 3.02. The highest BCUT2D eigenvalue weighted by atomic mass is 16.5. The van der Waals surface area contributed by atoms with Crippen LogP contribution in [0.5, 0.6) is 0 Å². The molecule has 1 N–H and O–H groups in total. The number of hydrogen-bond donors (Lipinski definition) is 1. The van der Waals surface area contributed by atoms with Crippen molar-refractivity contribution in [1.29, 1.82) is 0 Å². The Morgan fingerprint density at radius 1 is 1.33 bits per heavy atom. The van der Waals surface area contributed by atoms with Crippen molar-refractivity contribution in [1.82, 2.24) is 15.0 Å². The summed E-state index contributed by atoms with van der Waals surface area (Å²) in [5.41, 5.74) is 1.93. The second kappa shape index (κ2) is 5.95. The number of benzene rings is 1. The van der Waals surface area contributed by atoms with Gasteiger partial charge >= 0.3 is 5.97 Å². The van der Waals surface area contributed by atoms with Gasteiger partial charge in [-0.15, -0.1) is 5.10 Å². The number of aromatic nitrogens is 3. The molecule has 0 saturated heterocycles. The second-order valence-electron chi connectivity index (χ2n) is 5.72. The Balaban J connectivity index is 2.10. The van der Waals surface area contributed by atoms with Gasteiger partial charge in [0.05, 0.1) is 31.0 Å². The molecule has 0 saturated carbocycles. The Kier molecular flexibility index (Phi) is 4.26. The Labute approximate surface area is 124 Å². The number of esters is 1. The summed E-state index contributed by atoms with van der Waals surface area (Å²) in [7, 11) is 1.37. The standard InChI is InChI=1S/C15H20N4O2/c1-15(2,3)19-10-11(17-18-19)9-16-13-8-6-5-7-12(13)14(20)21-4/h5-8,10,16H,9H2,1-4H3. The highest BCUT2D eigenvalue weighted by Crippen LogP contribution is 2.17. The summed E-state index contributed by atoms with van der Waals surface area (Å²) in [6.07, 6.45) is 1.90. The highest BCUT2D eigenvalue weighted by molar-refractivity contribution is 5.95. The number of ether oxygens (including phenoxy) is 1. The van der Waals surface area contributed by atoms with Crippen LogP contribution in [0, 0.1) is 0 Å². The smallest absolute Gasteiger partial charge is 0.339 e. The van der Waals surface area contributed by atoms with Crippen molar-refractivity contribution in [3.63, 3.8) is 0 Å². The van der Waals surface area contributed by atoms with Crippen LogP contribution in [0.3, 0.4) is 0 Å².